The number of carbonyl (C=O) groups is 2. The summed E-state index contributed by atoms with van der Waals surface area (Å²) in [6.07, 6.45) is -1.13. The quantitative estimate of drug-likeness (QED) is 0.359. The number of nitrogen functional groups attached to an aromatic ring is 1. The Balaban J connectivity index is 2.04. The fraction of sp³-hybridized carbons (Fsp3) is 0.222. The van der Waals surface area contributed by atoms with E-state index in [9.17, 15) is 24.1 Å². The van der Waals surface area contributed by atoms with E-state index < -0.39 is 34.4 Å². The smallest absolute Gasteiger partial charge is 0.339 e. The van der Waals surface area contributed by atoms with Gasteiger partial charge in [-0.3, -0.25) is 14.9 Å². The van der Waals surface area contributed by atoms with Crippen LogP contribution in [0.25, 0.3) is 0 Å². The van der Waals surface area contributed by atoms with Gasteiger partial charge in [0.05, 0.1) is 10.5 Å². The predicted octanol–water partition coefficient (Wildman–Crippen LogP) is 2.52. The number of nitro groups is 1. The number of likely N-dealkylation sites (N-methyl/N-ethyl adjacent to an activating group) is 1. The lowest BCUT2D eigenvalue weighted by Gasteiger charge is -2.21. The van der Waals surface area contributed by atoms with Crippen LogP contribution in [0.4, 0.5) is 15.8 Å². The van der Waals surface area contributed by atoms with E-state index in [1.165, 1.54) is 49.2 Å². The fourth-order valence-corrected chi connectivity index (χ4v) is 2.41. The summed E-state index contributed by atoms with van der Waals surface area (Å²) < 4.78 is 18.3. The van der Waals surface area contributed by atoms with E-state index in [0.29, 0.717) is 5.56 Å². The third-order valence-corrected chi connectivity index (χ3v) is 3.78. The first-order valence-electron chi connectivity index (χ1n) is 7.93. The summed E-state index contributed by atoms with van der Waals surface area (Å²) in [5, 5.41) is 10.9. The lowest BCUT2D eigenvalue weighted by molar-refractivity contribution is -0.383. The molecule has 1 atom stereocenters. The van der Waals surface area contributed by atoms with Gasteiger partial charge in [0.1, 0.15) is 11.5 Å². The third kappa shape index (κ3) is 5.00. The Kier molecular flexibility index (Phi) is 6.07. The number of hydrogen-bond acceptors (Lipinski definition) is 6. The van der Waals surface area contributed by atoms with Crippen LogP contribution < -0.4 is 5.73 Å². The number of nitrogens with zero attached hydrogens (tertiary/aromatic N) is 2. The molecule has 27 heavy (non-hydrogen) atoms. The molecule has 2 rings (SSSR count). The Bertz CT molecular complexity index is 887. The minimum Gasteiger partial charge on any atom is -0.449 e. The number of carbonyl (C=O) groups excluding carboxylic acids is 2. The maximum absolute atomic E-state index is 13.2. The number of nitro benzene ring substituents is 1. The minimum atomic E-state index is -1.13. The fourth-order valence-electron chi connectivity index (χ4n) is 2.41. The van der Waals surface area contributed by atoms with Gasteiger partial charge in [-0.25, -0.2) is 9.18 Å². The maximum Gasteiger partial charge on any atom is 0.339 e. The minimum absolute atomic E-state index is 0.0875. The molecule has 9 heteroatoms. The molecule has 0 aliphatic heterocycles. The summed E-state index contributed by atoms with van der Waals surface area (Å²) in [6, 6.07) is 9.27. The van der Waals surface area contributed by atoms with Crippen molar-refractivity contribution in [2.45, 2.75) is 19.6 Å². The van der Waals surface area contributed by atoms with Gasteiger partial charge in [0.2, 0.25) is 0 Å². The van der Waals surface area contributed by atoms with Crippen molar-refractivity contribution in [2.24, 2.45) is 0 Å². The van der Waals surface area contributed by atoms with Gasteiger partial charge in [-0.15, -0.1) is 0 Å². The SMILES string of the molecule is C[C@@H](OC(=O)c1ccc(N)c([N+](=O)[O-])c1)C(=O)N(C)Cc1cccc(F)c1. The molecule has 0 heterocycles. The van der Waals surface area contributed by atoms with Crippen LogP contribution in [0.5, 0.6) is 0 Å². The standard InChI is InChI=1S/C18H18FN3O5/c1-11(17(23)21(2)10-12-4-3-5-14(19)8-12)27-18(24)13-6-7-15(20)16(9-13)22(25)26/h3-9,11H,10,20H2,1-2H3/t11-/m1/s1. The average Bonchev–Trinajstić information content (AvgIpc) is 2.60. The van der Waals surface area contributed by atoms with Crippen molar-refractivity contribution < 1.29 is 23.6 Å². The summed E-state index contributed by atoms with van der Waals surface area (Å²) >= 11 is 0. The topological polar surface area (TPSA) is 116 Å². The highest BCUT2D eigenvalue weighted by Crippen LogP contribution is 2.23. The van der Waals surface area contributed by atoms with Gasteiger partial charge in [0.15, 0.2) is 6.10 Å². The van der Waals surface area contributed by atoms with Crippen molar-refractivity contribution in [1.29, 1.82) is 0 Å². The number of amides is 1. The molecule has 0 spiro atoms. The summed E-state index contributed by atoms with van der Waals surface area (Å²) in [4.78, 5) is 36.0. The zero-order chi connectivity index (χ0) is 20.1. The molecule has 0 saturated carbocycles. The van der Waals surface area contributed by atoms with Gasteiger partial charge < -0.3 is 15.4 Å². The lowest BCUT2D eigenvalue weighted by Crippen LogP contribution is -2.37. The highest BCUT2D eigenvalue weighted by molar-refractivity contribution is 5.93. The van der Waals surface area contributed by atoms with Gasteiger partial charge in [-0.05, 0) is 36.8 Å². The van der Waals surface area contributed by atoms with Gasteiger partial charge in [0.25, 0.3) is 11.6 Å². The van der Waals surface area contributed by atoms with Crippen molar-refractivity contribution in [3.05, 3.63) is 69.5 Å². The Morgan fingerprint density at radius 3 is 2.63 bits per heavy atom. The van der Waals surface area contributed by atoms with E-state index in [1.807, 2.05) is 0 Å². The molecule has 0 saturated heterocycles. The van der Waals surface area contributed by atoms with Gasteiger partial charge in [0, 0.05) is 19.7 Å². The summed E-state index contributed by atoms with van der Waals surface area (Å²) in [6.45, 7) is 1.51. The second kappa shape index (κ2) is 8.26. The first-order chi connectivity index (χ1) is 12.7. The molecule has 0 aromatic heterocycles. The van der Waals surface area contributed by atoms with Gasteiger partial charge >= 0.3 is 5.97 Å². The third-order valence-electron chi connectivity index (χ3n) is 3.78. The highest BCUT2D eigenvalue weighted by Gasteiger charge is 2.24. The average molecular weight is 375 g/mol. The number of benzene rings is 2. The molecule has 0 aliphatic rings. The zero-order valence-electron chi connectivity index (χ0n) is 14.7. The maximum atomic E-state index is 13.2. The van der Waals surface area contributed by atoms with E-state index >= 15 is 0 Å². The number of hydrogen-bond donors (Lipinski definition) is 1. The Morgan fingerprint density at radius 2 is 2.00 bits per heavy atom. The van der Waals surface area contributed by atoms with E-state index in [1.54, 1.807) is 6.07 Å². The predicted molar refractivity (Wildman–Crippen MR) is 95.3 cm³/mol. The van der Waals surface area contributed by atoms with Crippen LogP contribution in [0.2, 0.25) is 0 Å². The van der Waals surface area contributed by atoms with Crippen LogP contribution in [0.1, 0.15) is 22.8 Å². The molecule has 1 amide bonds. The first-order valence-corrected chi connectivity index (χ1v) is 7.93. The van der Waals surface area contributed by atoms with Crippen LogP contribution in [-0.2, 0) is 16.1 Å². The second-order valence-corrected chi connectivity index (χ2v) is 5.90. The zero-order valence-corrected chi connectivity index (χ0v) is 14.7. The summed E-state index contributed by atoms with van der Waals surface area (Å²) in [5.74, 6) is -1.81. The summed E-state index contributed by atoms with van der Waals surface area (Å²) in [5.41, 5.74) is 5.46. The number of nitrogens with two attached hydrogens (primary N) is 1. The molecule has 2 N–H and O–H groups in total. The van der Waals surface area contributed by atoms with Crippen LogP contribution in [0, 0.1) is 15.9 Å². The second-order valence-electron chi connectivity index (χ2n) is 5.90. The monoisotopic (exact) mass is 375 g/mol. The van der Waals surface area contributed by atoms with Crippen molar-refractivity contribution in [1.82, 2.24) is 4.90 Å². The van der Waals surface area contributed by atoms with Crippen LogP contribution >= 0.6 is 0 Å². The molecule has 2 aromatic carbocycles. The van der Waals surface area contributed by atoms with Crippen molar-refractivity contribution in [3.63, 3.8) is 0 Å². The normalized spacial score (nSPS) is 11.5. The Hall–Kier alpha value is -3.49. The molecule has 2 aromatic rings. The van der Waals surface area contributed by atoms with E-state index in [-0.39, 0.29) is 17.8 Å². The van der Waals surface area contributed by atoms with Gasteiger partial charge in [-0.1, -0.05) is 12.1 Å². The van der Waals surface area contributed by atoms with E-state index in [4.69, 9.17) is 10.5 Å². The van der Waals surface area contributed by atoms with Crippen LogP contribution in [0.3, 0.4) is 0 Å². The highest BCUT2D eigenvalue weighted by atomic mass is 19.1. The number of anilines is 1. The van der Waals surface area contributed by atoms with E-state index in [0.717, 1.165) is 6.07 Å². The molecule has 0 bridgehead atoms. The van der Waals surface area contributed by atoms with Crippen molar-refractivity contribution in [2.75, 3.05) is 12.8 Å². The lowest BCUT2D eigenvalue weighted by atomic mass is 10.1. The molecule has 0 aliphatic carbocycles. The number of esters is 1. The number of rotatable bonds is 6. The van der Waals surface area contributed by atoms with Crippen LogP contribution in [-0.4, -0.2) is 34.9 Å². The van der Waals surface area contributed by atoms with Crippen molar-refractivity contribution >= 4 is 23.3 Å². The van der Waals surface area contributed by atoms with Crippen molar-refractivity contribution in [3.8, 4) is 0 Å². The molecule has 142 valence electrons. The molecular weight excluding hydrogens is 357 g/mol. The number of ether oxygens (including phenoxy) is 1. The molecule has 0 unspecified atom stereocenters. The first kappa shape index (κ1) is 19.8. The van der Waals surface area contributed by atoms with Crippen LogP contribution in [0.15, 0.2) is 42.5 Å². The molecule has 8 nitrogen and oxygen atoms in total. The summed E-state index contributed by atoms with van der Waals surface area (Å²) in [7, 11) is 1.49. The molecule has 0 fully saturated rings. The Morgan fingerprint density at radius 1 is 1.30 bits per heavy atom. The Labute approximate surface area is 154 Å². The largest absolute Gasteiger partial charge is 0.449 e. The van der Waals surface area contributed by atoms with E-state index in [2.05, 4.69) is 0 Å². The number of halogens is 1. The molecular formula is C18H18FN3O5. The molecule has 0 radical (unpaired) electrons. The van der Waals surface area contributed by atoms with Gasteiger partial charge in [-0.2, -0.15) is 0 Å².